The maximum absolute atomic E-state index is 13.6. The van der Waals surface area contributed by atoms with Gasteiger partial charge in [0.2, 0.25) is 0 Å². The predicted octanol–water partition coefficient (Wildman–Crippen LogP) is 7.62. The Labute approximate surface area is 182 Å². The minimum absolute atomic E-state index is 0.146. The van der Waals surface area contributed by atoms with E-state index in [4.69, 9.17) is 4.74 Å². The number of alkyl halides is 3. The quantitative estimate of drug-likeness (QED) is 0.274. The van der Waals surface area contributed by atoms with Crippen LogP contribution >= 0.6 is 11.3 Å². The topological polar surface area (TPSA) is 49.9 Å². The van der Waals surface area contributed by atoms with Crippen molar-refractivity contribution in [1.29, 1.82) is 0 Å². The molecule has 4 nitrogen and oxygen atoms in total. The van der Waals surface area contributed by atoms with Gasteiger partial charge in [-0.2, -0.15) is 13.2 Å². The first kappa shape index (κ1) is 21.2. The number of aromatic amines is 1. The van der Waals surface area contributed by atoms with Crippen LogP contribution in [0.1, 0.15) is 31.7 Å². The van der Waals surface area contributed by atoms with Gasteiger partial charge in [0, 0.05) is 33.7 Å². The second-order valence-corrected chi connectivity index (χ2v) is 8.03. The van der Waals surface area contributed by atoms with Gasteiger partial charge in [0.15, 0.2) is 5.13 Å². The normalized spacial score (nSPS) is 11.7. The number of para-hydroxylation sites is 1. The SMILES string of the molecule is CCCCCOc1ccc(Nc2nc(-c3c[nH]c4ccccc34)cs2)cc1C(F)(F)F. The zero-order chi connectivity index (χ0) is 21.8. The molecule has 2 heterocycles. The van der Waals surface area contributed by atoms with E-state index >= 15 is 0 Å². The summed E-state index contributed by atoms with van der Waals surface area (Å²) in [6, 6.07) is 11.9. The number of H-pyrrole nitrogens is 1. The number of fused-ring (bicyclic) bond motifs is 1. The number of anilines is 2. The first-order valence-electron chi connectivity index (χ1n) is 10.1. The number of hydrogen-bond donors (Lipinski definition) is 2. The molecule has 4 aromatic rings. The van der Waals surface area contributed by atoms with Gasteiger partial charge in [-0.05, 0) is 30.7 Å². The fraction of sp³-hybridized carbons (Fsp3) is 0.261. The molecule has 0 saturated heterocycles. The highest BCUT2D eigenvalue weighted by molar-refractivity contribution is 7.14. The fourth-order valence-electron chi connectivity index (χ4n) is 3.35. The molecule has 0 saturated carbocycles. The molecule has 162 valence electrons. The van der Waals surface area contributed by atoms with E-state index in [0.29, 0.717) is 10.8 Å². The minimum atomic E-state index is -4.50. The molecule has 0 radical (unpaired) electrons. The lowest BCUT2D eigenvalue weighted by Crippen LogP contribution is -2.10. The molecule has 0 aliphatic rings. The highest BCUT2D eigenvalue weighted by Crippen LogP contribution is 2.39. The number of benzene rings is 2. The molecule has 0 spiro atoms. The molecule has 0 fully saturated rings. The molecule has 4 rings (SSSR count). The zero-order valence-electron chi connectivity index (χ0n) is 16.9. The number of thiazole rings is 1. The standard InChI is InChI=1S/C23H22F3N3OS/c1-2-3-6-11-30-21-10-9-15(12-18(21)23(24,25)26)28-22-29-20(14-31-22)17-13-27-19-8-5-4-7-16(17)19/h4-5,7-10,12-14,27H,2-3,6,11H2,1H3,(H,28,29). The van der Waals surface area contributed by atoms with Crippen LogP contribution in [0.3, 0.4) is 0 Å². The third-order valence-electron chi connectivity index (χ3n) is 4.91. The first-order chi connectivity index (χ1) is 15.0. The molecular weight excluding hydrogens is 423 g/mol. The molecule has 0 aliphatic carbocycles. The highest BCUT2D eigenvalue weighted by atomic mass is 32.1. The van der Waals surface area contributed by atoms with Crippen molar-refractivity contribution in [2.75, 3.05) is 11.9 Å². The van der Waals surface area contributed by atoms with Gasteiger partial charge in [-0.1, -0.05) is 38.0 Å². The van der Waals surface area contributed by atoms with Gasteiger partial charge in [0.05, 0.1) is 17.9 Å². The van der Waals surface area contributed by atoms with Crippen molar-refractivity contribution in [1.82, 2.24) is 9.97 Å². The molecule has 0 amide bonds. The second kappa shape index (κ2) is 9.01. The Balaban J connectivity index is 1.54. The maximum atomic E-state index is 13.6. The molecule has 8 heteroatoms. The predicted molar refractivity (Wildman–Crippen MR) is 119 cm³/mol. The van der Waals surface area contributed by atoms with E-state index in [2.05, 4.69) is 15.3 Å². The Kier molecular flexibility index (Phi) is 6.18. The third-order valence-corrected chi connectivity index (χ3v) is 5.67. The van der Waals surface area contributed by atoms with E-state index in [1.807, 2.05) is 42.8 Å². The summed E-state index contributed by atoms with van der Waals surface area (Å²) in [5, 5.41) is 6.44. The maximum Gasteiger partial charge on any atom is 0.420 e. The van der Waals surface area contributed by atoms with Crippen molar-refractivity contribution >= 4 is 33.1 Å². The summed E-state index contributed by atoms with van der Waals surface area (Å²) in [6.45, 7) is 2.30. The number of aromatic nitrogens is 2. The minimum Gasteiger partial charge on any atom is -0.493 e. The second-order valence-electron chi connectivity index (χ2n) is 7.18. The van der Waals surface area contributed by atoms with Gasteiger partial charge >= 0.3 is 6.18 Å². The monoisotopic (exact) mass is 445 g/mol. The Morgan fingerprint density at radius 1 is 1.13 bits per heavy atom. The van der Waals surface area contributed by atoms with Crippen LogP contribution < -0.4 is 10.1 Å². The number of hydrogen-bond acceptors (Lipinski definition) is 4. The average Bonchev–Trinajstić information content (AvgIpc) is 3.38. The summed E-state index contributed by atoms with van der Waals surface area (Å²) in [6.07, 6.45) is 0.00577. The van der Waals surface area contributed by atoms with Crippen LogP contribution in [0, 0.1) is 0 Å². The van der Waals surface area contributed by atoms with Crippen LogP contribution in [0.2, 0.25) is 0 Å². The van der Waals surface area contributed by atoms with Crippen LogP contribution in [-0.2, 0) is 6.18 Å². The number of unbranched alkanes of at least 4 members (excludes halogenated alkanes) is 2. The molecule has 0 bridgehead atoms. The fourth-order valence-corrected chi connectivity index (χ4v) is 4.08. The summed E-state index contributed by atoms with van der Waals surface area (Å²) in [5.41, 5.74) is 2.24. The van der Waals surface area contributed by atoms with E-state index in [0.717, 1.165) is 47.5 Å². The van der Waals surface area contributed by atoms with Crippen LogP contribution in [0.25, 0.3) is 22.2 Å². The van der Waals surface area contributed by atoms with Gasteiger partial charge in [0.1, 0.15) is 5.75 Å². The first-order valence-corrected chi connectivity index (χ1v) is 11.0. The average molecular weight is 446 g/mol. The molecule has 31 heavy (non-hydrogen) atoms. The summed E-state index contributed by atoms with van der Waals surface area (Å²) >= 11 is 1.34. The smallest absolute Gasteiger partial charge is 0.420 e. The van der Waals surface area contributed by atoms with Crippen molar-refractivity contribution in [2.45, 2.75) is 32.4 Å². The van der Waals surface area contributed by atoms with Gasteiger partial charge in [0.25, 0.3) is 0 Å². The molecule has 0 unspecified atom stereocenters. The Hall–Kier alpha value is -3.00. The third kappa shape index (κ3) is 4.85. The largest absolute Gasteiger partial charge is 0.493 e. The molecule has 2 N–H and O–H groups in total. The Morgan fingerprint density at radius 3 is 2.77 bits per heavy atom. The van der Waals surface area contributed by atoms with Crippen molar-refractivity contribution in [3.05, 3.63) is 59.6 Å². The molecule has 2 aromatic carbocycles. The van der Waals surface area contributed by atoms with Crippen LogP contribution in [0.4, 0.5) is 24.0 Å². The van der Waals surface area contributed by atoms with Crippen molar-refractivity contribution in [3.8, 4) is 17.0 Å². The van der Waals surface area contributed by atoms with Crippen molar-refractivity contribution in [2.24, 2.45) is 0 Å². The summed E-state index contributed by atoms with van der Waals surface area (Å²) in [7, 11) is 0. The number of ether oxygens (including phenoxy) is 1. The van der Waals surface area contributed by atoms with Gasteiger partial charge in [-0.25, -0.2) is 4.98 Å². The van der Waals surface area contributed by atoms with Crippen LogP contribution in [-0.4, -0.2) is 16.6 Å². The van der Waals surface area contributed by atoms with Gasteiger partial charge < -0.3 is 15.0 Å². The number of halogens is 3. The van der Waals surface area contributed by atoms with E-state index < -0.39 is 11.7 Å². The zero-order valence-corrected chi connectivity index (χ0v) is 17.7. The van der Waals surface area contributed by atoms with Crippen molar-refractivity contribution < 1.29 is 17.9 Å². The summed E-state index contributed by atoms with van der Waals surface area (Å²) < 4.78 is 46.1. The summed E-state index contributed by atoms with van der Waals surface area (Å²) in [5.74, 6) is -0.146. The molecule has 2 aromatic heterocycles. The highest BCUT2D eigenvalue weighted by Gasteiger charge is 2.34. The Bertz CT molecular complexity index is 1170. The van der Waals surface area contributed by atoms with Crippen LogP contribution in [0.5, 0.6) is 5.75 Å². The lowest BCUT2D eigenvalue weighted by molar-refractivity contribution is -0.138. The Morgan fingerprint density at radius 2 is 1.97 bits per heavy atom. The summed E-state index contributed by atoms with van der Waals surface area (Å²) in [4.78, 5) is 7.76. The number of rotatable bonds is 8. The number of nitrogens with zero attached hydrogens (tertiary/aromatic N) is 1. The molecule has 0 atom stereocenters. The van der Waals surface area contributed by atoms with Gasteiger partial charge in [-0.3, -0.25) is 0 Å². The van der Waals surface area contributed by atoms with E-state index in [1.54, 1.807) is 6.07 Å². The molecule has 0 aliphatic heterocycles. The van der Waals surface area contributed by atoms with Gasteiger partial charge in [-0.15, -0.1) is 11.3 Å². The van der Waals surface area contributed by atoms with Crippen molar-refractivity contribution in [3.63, 3.8) is 0 Å². The van der Waals surface area contributed by atoms with E-state index in [9.17, 15) is 13.2 Å². The lowest BCUT2D eigenvalue weighted by atomic mass is 10.1. The van der Waals surface area contributed by atoms with E-state index in [1.165, 1.54) is 17.4 Å². The van der Waals surface area contributed by atoms with E-state index in [-0.39, 0.29) is 12.4 Å². The lowest BCUT2D eigenvalue weighted by Gasteiger charge is -2.15. The number of nitrogens with one attached hydrogen (secondary N) is 2. The molecular formula is C23H22F3N3OS. The van der Waals surface area contributed by atoms with Crippen LogP contribution in [0.15, 0.2) is 54.0 Å².